The van der Waals surface area contributed by atoms with Crippen molar-refractivity contribution in [3.05, 3.63) is 45.8 Å². The van der Waals surface area contributed by atoms with Gasteiger partial charge in [0.15, 0.2) is 12.6 Å². The van der Waals surface area contributed by atoms with E-state index in [0.29, 0.717) is 19.0 Å². The predicted octanol–water partition coefficient (Wildman–Crippen LogP) is 3.26. The van der Waals surface area contributed by atoms with Gasteiger partial charge in [-0.1, -0.05) is 6.07 Å². The number of thiophene rings is 1. The topological polar surface area (TPSA) is 58.5 Å². The van der Waals surface area contributed by atoms with E-state index in [9.17, 15) is 13.2 Å². The quantitative estimate of drug-likeness (QED) is 0.604. The largest absolute Gasteiger partial charge is 0.468 e. The van der Waals surface area contributed by atoms with Crippen LogP contribution >= 0.6 is 11.3 Å². The van der Waals surface area contributed by atoms with Gasteiger partial charge in [0.2, 0.25) is 5.88 Å². The Hall–Kier alpha value is -2.29. The summed E-state index contributed by atoms with van der Waals surface area (Å²) in [6.45, 7) is 1.81. The molecule has 0 amide bonds. The highest BCUT2D eigenvalue weighted by atomic mass is 32.1. The molecule has 25 heavy (non-hydrogen) atoms. The van der Waals surface area contributed by atoms with Crippen LogP contribution in [0.1, 0.15) is 15.3 Å². The zero-order chi connectivity index (χ0) is 18.3. The van der Waals surface area contributed by atoms with Crippen LogP contribution < -0.4 is 15.4 Å². The summed E-state index contributed by atoms with van der Waals surface area (Å²) in [7, 11) is 1.67. The maximum absolute atomic E-state index is 12.1. The van der Waals surface area contributed by atoms with E-state index >= 15 is 0 Å². The average molecular weight is 372 g/mol. The third-order valence-electron chi connectivity index (χ3n) is 3.09. The van der Waals surface area contributed by atoms with Crippen molar-refractivity contribution >= 4 is 17.3 Å². The number of aryl methyl sites for hydroxylation is 1. The van der Waals surface area contributed by atoms with Gasteiger partial charge in [0.1, 0.15) is 0 Å². The van der Waals surface area contributed by atoms with Gasteiger partial charge in [-0.05, 0) is 24.6 Å². The zero-order valence-electron chi connectivity index (χ0n) is 13.9. The van der Waals surface area contributed by atoms with Crippen LogP contribution in [-0.2, 0) is 13.1 Å². The van der Waals surface area contributed by atoms with Crippen molar-refractivity contribution in [1.29, 1.82) is 0 Å². The van der Waals surface area contributed by atoms with Crippen molar-refractivity contribution in [2.75, 3.05) is 13.7 Å². The highest BCUT2D eigenvalue weighted by molar-refractivity contribution is 7.11. The van der Waals surface area contributed by atoms with Gasteiger partial charge in [0.05, 0.1) is 6.54 Å². The second-order valence-electron chi connectivity index (χ2n) is 5.20. The molecule has 0 aliphatic rings. The van der Waals surface area contributed by atoms with Crippen molar-refractivity contribution in [2.45, 2.75) is 26.2 Å². The number of aromatic nitrogens is 1. The summed E-state index contributed by atoms with van der Waals surface area (Å²) in [6.07, 6.45) is -2.91. The van der Waals surface area contributed by atoms with Gasteiger partial charge in [-0.2, -0.15) is 13.2 Å². The Bertz CT molecular complexity index is 698. The van der Waals surface area contributed by atoms with Crippen LogP contribution in [-0.4, -0.2) is 30.8 Å². The maximum Gasteiger partial charge on any atom is 0.422 e. The lowest BCUT2D eigenvalue weighted by Gasteiger charge is -2.12. The van der Waals surface area contributed by atoms with Crippen LogP contribution in [0.15, 0.2) is 35.5 Å². The van der Waals surface area contributed by atoms with Gasteiger partial charge in [-0.15, -0.1) is 11.3 Å². The Kier molecular flexibility index (Phi) is 6.63. The van der Waals surface area contributed by atoms with Crippen LogP contribution in [0.3, 0.4) is 0 Å². The number of nitrogens with zero attached hydrogens (tertiary/aromatic N) is 2. The molecule has 136 valence electrons. The van der Waals surface area contributed by atoms with Crippen LogP contribution in [0.25, 0.3) is 0 Å². The highest BCUT2D eigenvalue weighted by Gasteiger charge is 2.28. The van der Waals surface area contributed by atoms with E-state index < -0.39 is 12.8 Å². The summed E-state index contributed by atoms with van der Waals surface area (Å²) in [5.41, 5.74) is 0.800. The third kappa shape index (κ3) is 7.00. The lowest BCUT2D eigenvalue weighted by atomic mass is 10.3. The summed E-state index contributed by atoms with van der Waals surface area (Å²) in [4.78, 5) is 10.4. The number of halogens is 3. The summed E-state index contributed by atoms with van der Waals surface area (Å²) in [5.74, 6) is 0.570. The van der Waals surface area contributed by atoms with E-state index in [0.717, 1.165) is 5.56 Å². The lowest BCUT2D eigenvalue weighted by Crippen LogP contribution is -2.36. The number of hydrogen-bond acceptors (Lipinski definition) is 4. The number of aliphatic imine (C=N–C) groups is 1. The first-order chi connectivity index (χ1) is 11.9. The monoisotopic (exact) mass is 372 g/mol. The minimum absolute atomic E-state index is 0.0587. The summed E-state index contributed by atoms with van der Waals surface area (Å²) in [6, 6.07) is 7.19. The highest BCUT2D eigenvalue weighted by Crippen LogP contribution is 2.17. The molecule has 0 bridgehead atoms. The Morgan fingerprint density at radius 2 is 1.96 bits per heavy atom. The molecule has 0 atom stereocenters. The Morgan fingerprint density at radius 1 is 1.20 bits per heavy atom. The molecule has 0 radical (unpaired) electrons. The fraction of sp³-hybridized carbons (Fsp3) is 0.375. The first-order valence-corrected chi connectivity index (χ1v) is 8.31. The van der Waals surface area contributed by atoms with Crippen molar-refractivity contribution in [1.82, 2.24) is 15.6 Å². The lowest BCUT2D eigenvalue weighted by molar-refractivity contribution is -0.154. The van der Waals surface area contributed by atoms with Crippen LogP contribution in [0.4, 0.5) is 13.2 Å². The normalized spacial score (nSPS) is 12.1. The van der Waals surface area contributed by atoms with E-state index in [1.807, 2.05) is 0 Å². The maximum atomic E-state index is 12.1. The van der Waals surface area contributed by atoms with Gasteiger partial charge in [-0.3, -0.25) is 4.99 Å². The van der Waals surface area contributed by atoms with Gasteiger partial charge < -0.3 is 15.4 Å². The fourth-order valence-corrected chi connectivity index (χ4v) is 2.74. The molecule has 0 aromatic carbocycles. The Morgan fingerprint density at radius 3 is 2.52 bits per heavy atom. The Balaban J connectivity index is 1.78. The number of hydrogen-bond donors (Lipinski definition) is 2. The van der Waals surface area contributed by atoms with Crippen LogP contribution in [0.2, 0.25) is 0 Å². The molecular weight excluding hydrogens is 353 g/mol. The SMILES string of the molecule is CN=C(NCc1ccc(OCC(F)(F)F)nc1)NCc1ccc(C)s1. The molecule has 0 aliphatic carbocycles. The molecule has 0 fully saturated rings. The molecule has 2 aromatic rings. The second kappa shape index (κ2) is 8.70. The number of alkyl halides is 3. The summed E-state index contributed by atoms with van der Waals surface area (Å²) >= 11 is 1.71. The molecule has 0 saturated heterocycles. The van der Waals surface area contributed by atoms with Crippen molar-refractivity contribution < 1.29 is 17.9 Å². The molecule has 2 heterocycles. The average Bonchev–Trinajstić information content (AvgIpc) is 2.99. The third-order valence-corrected chi connectivity index (χ3v) is 4.09. The molecule has 0 spiro atoms. The van der Waals surface area contributed by atoms with Crippen LogP contribution in [0, 0.1) is 6.92 Å². The van der Waals surface area contributed by atoms with E-state index in [1.54, 1.807) is 24.5 Å². The predicted molar refractivity (Wildman–Crippen MR) is 91.9 cm³/mol. The molecular formula is C16H19F3N4OS. The molecule has 0 saturated carbocycles. The molecule has 5 nitrogen and oxygen atoms in total. The number of pyridine rings is 1. The second-order valence-corrected chi connectivity index (χ2v) is 6.57. The number of ether oxygens (including phenoxy) is 1. The minimum atomic E-state index is -4.37. The first kappa shape index (κ1) is 19.0. The van der Waals surface area contributed by atoms with Gasteiger partial charge in [-0.25, -0.2) is 4.98 Å². The standard InChI is InChI=1S/C16H19F3N4OS/c1-11-3-5-13(25-11)9-23-15(20-2)22-8-12-4-6-14(21-7-12)24-10-16(17,18)19/h3-7H,8-10H2,1-2H3,(H2,20,22,23). The molecule has 0 aliphatic heterocycles. The van der Waals surface area contributed by atoms with E-state index in [1.165, 1.54) is 22.0 Å². The molecule has 2 aromatic heterocycles. The van der Waals surface area contributed by atoms with Crippen molar-refractivity contribution in [2.24, 2.45) is 4.99 Å². The van der Waals surface area contributed by atoms with Crippen molar-refractivity contribution in [3.8, 4) is 5.88 Å². The van der Waals surface area contributed by atoms with E-state index in [2.05, 4.69) is 44.4 Å². The minimum Gasteiger partial charge on any atom is -0.468 e. The number of rotatable bonds is 6. The zero-order valence-corrected chi connectivity index (χ0v) is 14.7. The molecule has 0 unspecified atom stereocenters. The fourth-order valence-electron chi connectivity index (χ4n) is 1.91. The first-order valence-electron chi connectivity index (χ1n) is 7.50. The van der Waals surface area contributed by atoms with Gasteiger partial charge in [0, 0.05) is 35.6 Å². The van der Waals surface area contributed by atoms with E-state index in [-0.39, 0.29) is 5.88 Å². The van der Waals surface area contributed by atoms with Crippen molar-refractivity contribution in [3.63, 3.8) is 0 Å². The summed E-state index contributed by atoms with van der Waals surface area (Å²) in [5, 5.41) is 6.32. The number of nitrogens with one attached hydrogen (secondary N) is 2. The summed E-state index contributed by atoms with van der Waals surface area (Å²) < 4.78 is 40.8. The molecule has 9 heteroatoms. The van der Waals surface area contributed by atoms with Crippen LogP contribution in [0.5, 0.6) is 5.88 Å². The smallest absolute Gasteiger partial charge is 0.422 e. The Labute approximate surface area is 148 Å². The number of guanidine groups is 1. The van der Waals surface area contributed by atoms with E-state index in [4.69, 9.17) is 0 Å². The van der Waals surface area contributed by atoms with Gasteiger partial charge >= 0.3 is 6.18 Å². The van der Waals surface area contributed by atoms with Gasteiger partial charge in [0.25, 0.3) is 0 Å². The molecule has 2 N–H and O–H groups in total. The molecule has 2 rings (SSSR count).